The molecule has 0 atom stereocenters. The topological polar surface area (TPSA) is 94.2 Å². The average Bonchev–Trinajstić information content (AvgIpc) is 3.00. The second kappa shape index (κ2) is 8.35. The number of hydrogen-bond acceptors (Lipinski definition) is 6. The van der Waals surface area contributed by atoms with Gasteiger partial charge in [0.2, 0.25) is 0 Å². The summed E-state index contributed by atoms with van der Waals surface area (Å²) >= 11 is 3.36. The summed E-state index contributed by atoms with van der Waals surface area (Å²) in [6.07, 6.45) is -0.771. The van der Waals surface area contributed by atoms with Crippen molar-refractivity contribution in [1.82, 2.24) is 9.78 Å². The van der Waals surface area contributed by atoms with Gasteiger partial charge in [0.05, 0.1) is 23.9 Å². The summed E-state index contributed by atoms with van der Waals surface area (Å²) in [7, 11) is 0. The Hall–Kier alpha value is -2.66. The lowest BCUT2D eigenvalue weighted by Gasteiger charge is -2.19. The molecule has 0 bridgehead atoms. The van der Waals surface area contributed by atoms with Crippen LogP contribution in [0.25, 0.3) is 11.3 Å². The van der Waals surface area contributed by atoms with Crippen LogP contribution in [-0.4, -0.2) is 34.1 Å². The molecule has 0 saturated carbocycles. The Morgan fingerprint density at radius 2 is 1.89 bits per heavy atom. The van der Waals surface area contributed by atoms with E-state index in [0.717, 1.165) is 4.68 Å². The van der Waals surface area contributed by atoms with Crippen molar-refractivity contribution in [2.24, 2.45) is 0 Å². The predicted octanol–water partition coefficient (Wildman–Crippen LogP) is 4.28. The number of benzene rings is 1. The lowest BCUT2D eigenvalue weighted by atomic mass is 10.1. The van der Waals surface area contributed by atoms with Crippen LogP contribution in [0.2, 0.25) is 0 Å². The molecule has 2 rings (SSSR count). The van der Waals surface area contributed by atoms with Crippen molar-refractivity contribution in [3.8, 4) is 17.3 Å². The number of carbonyl (C=O) groups excluding carboxylic acids is 2. The second-order valence-corrected chi connectivity index (χ2v) is 7.17. The van der Waals surface area contributed by atoms with Gasteiger partial charge in [0.25, 0.3) is 0 Å². The quantitative estimate of drug-likeness (QED) is 0.527. The molecule has 8 heteroatoms. The molecule has 0 amide bonds. The highest BCUT2D eigenvalue weighted by atomic mass is 79.9. The number of hydrogen-bond donors (Lipinski definition) is 0. The van der Waals surface area contributed by atoms with Crippen molar-refractivity contribution < 1.29 is 19.1 Å². The van der Waals surface area contributed by atoms with Crippen molar-refractivity contribution in [2.75, 3.05) is 6.61 Å². The van der Waals surface area contributed by atoms with E-state index in [2.05, 4.69) is 21.0 Å². The zero-order valence-corrected chi connectivity index (χ0v) is 17.2. The first-order valence-electron chi connectivity index (χ1n) is 8.30. The van der Waals surface area contributed by atoms with Crippen LogP contribution in [0.5, 0.6) is 0 Å². The van der Waals surface area contributed by atoms with Gasteiger partial charge in [-0.05, 0) is 39.8 Å². The Kier molecular flexibility index (Phi) is 6.39. The van der Waals surface area contributed by atoms with Gasteiger partial charge in [-0.1, -0.05) is 28.1 Å². The first-order valence-corrected chi connectivity index (χ1v) is 9.42. The van der Waals surface area contributed by atoms with Gasteiger partial charge in [0, 0.05) is 16.5 Å². The summed E-state index contributed by atoms with van der Waals surface area (Å²) in [5.74, 6) is -0.662. The average molecular weight is 434 g/mol. The third kappa shape index (κ3) is 4.74. The fourth-order valence-corrected chi connectivity index (χ4v) is 2.89. The van der Waals surface area contributed by atoms with E-state index in [1.807, 2.05) is 6.07 Å². The monoisotopic (exact) mass is 433 g/mol. The van der Waals surface area contributed by atoms with Gasteiger partial charge >= 0.3 is 12.1 Å². The summed E-state index contributed by atoms with van der Waals surface area (Å²) in [5.41, 5.74) is 1.36. The van der Waals surface area contributed by atoms with Crippen LogP contribution in [0, 0.1) is 11.3 Å². The molecule has 0 aliphatic heterocycles. The summed E-state index contributed by atoms with van der Waals surface area (Å²) in [4.78, 5) is 25.1. The van der Waals surface area contributed by atoms with Crippen molar-refractivity contribution in [2.45, 2.75) is 38.6 Å². The van der Waals surface area contributed by atoms with Gasteiger partial charge in [0.15, 0.2) is 5.69 Å². The van der Waals surface area contributed by atoms with E-state index < -0.39 is 17.7 Å². The first-order chi connectivity index (χ1) is 12.7. The number of halogens is 1. The largest absolute Gasteiger partial charge is 0.461 e. The van der Waals surface area contributed by atoms with E-state index in [1.54, 1.807) is 52.0 Å². The number of nitriles is 1. The van der Waals surface area contributed by atoms with Gasteiger partial charge in [-0.3, -0.25) is 0 Å². The molecule has 1 aromatic heterocycles. The predicted molar refractivity (Wildman–Crippen MR) is 103 cm³/mol. The molecular formula is C19H20BrN3O4. The molecule has 0 N–H and O–H groups in total. The normalized spacial score (nSPS) is 11.0. The zero-order chi connectivity index (χ0) is 20.2. The van der Waals surface area contributed by atoms with Gasteiger partial charge < -0.3 is 9.47 Å². The Balaban J connectivity index is 2.64. The van der Waals surface area contributed by atoms with Gasteiger partial charge in [-0.25, -0.2) is 9.59 Å². The smallest absolute Gasteiger partial charge is 0.436 e. The highest BCUT2D eigenvalue weighted by Crippen LogP contribution is 2.29. The van der Waals surface area contributed by atoms with Crippen molar-refractivity contribution in [1.29, 1.82) is 5.26 Å². The fourth-order valence-electron chi connectivity index (χ4n) is 2.36. The van der Waals surface area contributed by atoms with Gasteiger partial charge in [-0.15, -0.1) is 0 Å². The minimum Gasteiger partial charge on any atom is -0.461 e. The number of esters is 1. The molecule has 1 heterocycles. The highest BCUT2D eigenvalue weighted by Gasteiger charge is 2.30. The maximum atomic E-state index is 12.6. The molecule has 7 nitrogen and oxygen atoms in total. The minimum atomic E-state index is -0.771. The van der Waals surface area contributed by atoms with Crippen molar-refractivity contribution in [3.63, 3.8) is 0 Å². The van der Waals surface area contributed by atoms with Crippen LogP contribution in [0.3, 0.4) is 0 Å². The first kappa shape index (κ1) is 20.6. The highest BCUT2D eigenvalue weighted by molar-refractivity contribution is 9.08. The number of alkyl halides is 1. The van der Waals surface area contributed by atoms with E-state index >= 15 is 0 Å². The molecular weight excluding hydrogens is 414 g/mol. The minimum absolute atomic E-state index is 0.0161. The summed E-state index contributed by atoms with van der Waals surface area (Å²) in [6, 6.07) is 8.75. The Bertz CT molecular complexity index is 889. The van der Waals surface area contributed by atoms with Crippen molar-refractivity contribution in [3.05, 3.63) is 41.1 Å². The van der Waals surface area contributed by atoms with Crippen LogP contribution in [0.15, 0.2) is 24.3 Å². The SMILES string of the molecule is CCOC(=O)c1c(CBr)c(-c2ccc(C#N)cc2)nn1C(=O)OC(C)(C)C. The molecule has 0 radical (unpaired) electrons. The van der Waals surface area contributed by atoms with Crippen LogP contribution < -0.4 is 0 Å². The third-order valence-electron chi connectivity index (χ3n) is 3.44. The van der Waals surface area contributed by atoms with Crippen LogP contribution in [0.1, 0.15) is 49.3 Å². The molecule has 0 saturated heterocycles. The molecule has 27 heavy (non-hydrogen) atoms. The fraction of sp³-hybridized carbons (Fsp3) is 0.368. The van der Waals surface area contributed by atoms with Crippen LogP contribution in [-0.2, 0) is 14.8 Å². The number of rotatable bonds is 4. The van der Waals surface area contributed by atoms with E-state index in [4.69, 9.17) is 14.7 Å². The van der Waals surface area contributed by atoms with Gasteiger partial charge in [-0.2, -0.15) is 15.0 Å². The second-order valence-electron chi connectivity index (χ2n) is 6.61. The summed E-state index contributed by atoms with van der Waals surface area (Å²) < 4.78 is 11.4. The number of nitrogens with zero attached hydrogens (tertiary/aromatic N) is 3. The van der Waals surface area contributed by atoms with Crippen LogP contribution in [0.4, 0.5) is 4.79 Å². The molecule has 2 aromatic rings. The number of ether oxygens (including phenoxy) is 2. The summed E-state index contributed by atoms with van der Waals surface area (Å²) in [6.45, 7) is 7.02. The molecule has 0 fully saturated rings. The Labute approximate surface area is 166 Å². The maximum absolute atomic E-state index is 12.6. The van der Waals surface area contributed by atoms with Gasteiger partial charge in [0.1, 0.15) is 5.60 Å². The molecule has 1 aromatic carbocycles. The zero-order valence-electron chi connectivity index (χ0n) is 15.6. The molecule has 0 aliphatic carbocycles. The maximum Gasteiger partial charge on any atom is 0.436 e. The van der Waals surface area contributed by atoms with E-state index in [-0.39, 0.29) is 17.6 Å². The Morgan fingerprint density at radius 1 is 1.26 bits per heavy atom. The van der Waals surface area contributed by atoms with Crippen molar-refractivity contribution >= 4 is 28.0 Å². The lowest BCUT2D eigenvalue weighted by Crippen LogP contribution is -2.30. The van der Waals surface area contributed by atoms with E-state index in [1.165, 1.54) is 0 Å². The number of aromatic nitrogens is 2. The lowest BCUT2D eigenvalue weighted by molar-refractivity contribution is 0.0432. The summed E-state index contributed by atoms with van der Waals surface area (Å²) in [5, 5.41) is 13.6. The van der Waals surface area contributed by atoms with E-state index in [0.29, 0.717) is 22.4 Å². The standard InChI is InChI=1S/C19H20BrN3O4/c1-5-26-17(24)16-14(10-20)15(13-8-6-12(11-21)7-9-13)22-23(16)18(25)27-19(2,3)4/h6-9H,5,10H2,1-4H3. The third-order valence-corrected chi connectivity index (χ3v) is 4.00. The molecule has 0 unspecified atom stereocenters. The molecule has 0 spiro atoms. The molecule has 0 aliphatic rings. The van der Waals surface area contributed by atoms with E-state index in [9.17, 15) is 9.59 Å². The molecule has 142 valence electrons. The Morgan fingerprint density at radius 3 is 2.37 bits per heavy atom. The number of carbonyl (C=O) groups is 2. The van der Waals surface area contributed by atoms with Crippen LogP contribution >= 0.6 is 15.9 Å².